The highest BCUT2D eigenvalue weighted by Crippen LogP contribution is 2.19. The van der Waals surface area contributed by atoms with Crippen LogP contribution in [0.25, 0.3) is 5.69 Å². The molecule has 128 valence electrons. The normalized spacial score (nSPS) is 19.6. The largest absolute Gasteiger partial charge is 0.331 e. The third-order valence-electron chi connectivity index (χ3n) is 4.43. The maximum absolute atomic E-state index is 12.6. The van der Waals surface area contributed by atoms with Crippen LogP contribution in [0.4, 0.5) is 4.79 Å². The van der Waals surface area contributed by atoms with Gasteiger partial charge in [-0.05, 0) is 49.8 Å². The van der Waals surface area contributed by atoms with Gasteiger partial charge in [0, 0.05) is 30.7 Å². The first-order valence-electron chi connectivity index (χ1n) is 8.40. The first-order chi connectivity index (χ1) is 11.6. The van der Waals surface area contributed by atoms with Gasteiger partial charge in [0.15, 0.2) is 0 Å². The summed E-state index contributed by atoms with van der Waals surface area (Å²) in [6.07, 6.45) is 4.73. The highest BCUT2D eigenvalue weighted by atomic mass is 32.2. The van der Waals surface area contributed by atoms with Crippen LogP contribution in [0, 0.1) is 0 Å². The summed E-state index contributed by atoms with van der Waals surface area (Å²) in [5.41, 5.74) is 2.08. The van der Waals surface area contributed by atoms with Gasteiger partial charge in [0.2, 0.25) is 0 Å². The lowest BCUT2D eigenvalue weighted by Crippen LogP contribution is -2.46. The molecule has 1 fully saturated rings. The number of rotatable bonds is 3. The lowest BCUT2D eigenvalue weighted by atomic mass is 10.1. The maximum atomic E-state index is 12.6. The zero-order chi connectivity index (χ0) is 16.9. The lowest BCUT2D eigenvalue weighted by Gasteiger charge is -2.29. The summed E-state index contributed by atoms with van der Waals surface area (Å²) in [4.78, 5) is 14.6. The Kier molecular flexibility index (Phi) is 5.45. The second kappa shape index (κ2) is 7.75. The summed E-state index contributed by atoms with van der Waals surface area (Å²) in [7, 11) is 0. The van der Waals surface area contributed by atoms with E-state index in [1.54, 1.807) is 6.20 Å². The van der Waals surface area contributed by atoms with E-state index in [1.807, 2.05) is 58.7 Å². The Bertz CT molecular complexity index is 673. The summed E-state index contributed by atoms with van der Waals surface area (Å²) in [5, 5.41) is 7.41. The van der Waals surface area contributed by atoms with Gasteiger partial charge in [-0.25, -0.2) is 9.48 Å². The van der Waals surface area contributed by atoms with Crippen molar-refractivity contribution in [1.82, 2.24) is 20.0 Å². The molecule has 1 saturated heterocycles. The smallest absolute Gasteiger partial charge is 0.318 e. The molecule has 2 atom stereocenters. The van der Waals surface area contributed by atoms with Crippen molar-refractivity contribution >= 4 is 17.8 Å². The average Bonchev–Trinajstić information content (AvgIpc) is 3.04. The number of hydrogen-bond donors (Lipinski definition) is 1. The van der Waals surface area contributed by atoms with Crippen LogP contribution in [0.1, 0.15) is 31.9 Å². The Morgan fingerprint density at radius 1 is 1.38 bits per heavy atom. The van der Waals surface area contributed by atoms with Crippen molar-refractivity contribution in [2.24, 2.45) is 0 Å². The summed E-state index contributed by atoms with van der Waals surface area (Å²) in [5.74, 6) is 2.15. The Labute approximate surface area is 147 Å². The van der Waals surface area contributed by atoms with Gasteiger partial charge in [0.25, 0.3) is 0 Å². The van der Waals surface area contributed by atoms with Gasteiger partial charge in [-0.1, -0.05) is 12.1 Å². The molecule has 2 heterocycles. The van der Waals surface area contributed by atoms with Crippen LogP contribution < -0.4 is 5.32 Å². The number of amides is 2. The quantitative estimate of drug-likeness (QED) is 0.927. The molecular formula is C18H24N4OS. The minimum absolute atomic E-state index is 0.0296. The van der Waals surface area contributed by atoms with Crippen LogP contribution in [-0.2, 0) is 0 Å². The standard InChI is InChI=1S/C18H24N4OS/c1-14-7-11-24-12-10-21(14)18(23)20-15(2)16-5-3-6-17(13-16)22-9-4-8-19-22/h3-6,8-9,13-15H,7,10-12H2,1-2H3,(H,20,23). The van der Waals surface area contributed by atoms with Crippen LogP contribution in [0.15, 0.2) is 42.7 Å². The molecule has 24 heavy (non-hydrogen) atoms. The second-order valence-corrected chi connectivity index (χ2v) is 7.39. The molecule has 5 nitrogen and oxygen atoms in total. The van der Waals surface area contributed by atoms with Crippen molar-refractivity contribution in [3.05, 3.63) is 48.3 Å². The topological polar surface area (TPSA) is 50.2 Å². The van der Waals surface area contributed by atoms with Gasteiger partial charge in [0.05, 0.1) is 11.7 Å². The fourth-order valence-corrected chi connectivity index (χ4v) is 3.94. The number of carbonyl (C=O) groups is 1. The van der Waals surface area contributed by atoms with Crippen LogP contribution in [-0.4, -0.2) is 44.8 Å². The highest BCUT2D eigenvalue weighted by Gasteiger charge is 2.23. The van der Waals surface area contributed by atoms with Gasteiger partial charge < -0.3 is 10.2 Å². The van der Waals surface area contributed by atoms with Crippen molar-refractivity contribution < 1.29 is 4.79 Å². The Balaban J connectivity index is 1.69. The van der Waals surface area contributed by atoms with E-state index < -0.39 is 0 Å². The fraction of sp³-hybridized carbons (Fsp3) is 0.444. The van der Waals surface area contributed by atoms with Gasteiger partial charge in [-0.15, -0.1) is 0 Å². The molecule has 6 heteroatoms. The van der Waals surface area contributed by atoms with Crippen LogP contribution >= 0.6 is 11.8 Å². The van der Waals surface area contributed by atoms with Crippen molar-refractivity contribution in [2.45, 2.75) is 32.4 Å². The van der Waals surface area contributed by atoms with Crippen molar-refractivity contribution in [2.75, 3.05) is 18.1 Å². The number of nitrogens with one attached hydrogen (secondary N) is 1. The van der Waals surface area contributed by atoms with Gasteiger partial charge in [-0.3, -0.25) is 0 Å². The molecule has 0 saturated carbocycles. The Morgan fingerprint density at radius 3 is 3.04 bits per heavy atom. The first-order valence-corrected chi connectivity index (χ1v) is 9.55. The predicted octanol–water partition coefficient (Wildman–Crippen LogP) is 3.47. The van der Waals surface area contributed by atoms with E-state index >= 15 is 0 Å². The molecular weight excluding hydrogens is 320 g/mol. The maximum Gasteiger partial charge on any atom is 0.318 e. The summed E-state index contributed by atoms with van der Waals surface area (Å²) in [6.45, 7) is 4.98. The zero-order valence-corrected chi connectivity index (χ0v) is 15.0. The molecule has 1 N–H and O–H groups in total. The fourth-order valence-electron chi connectivity index (χ4n) is 2.91. The Morgan fingerprint density at radius 2 is 2.25 bits per heavy atom. The van der Waals surface area contributed by atoms with E-state index in [-0.39, 0.29) is 12.1 Å². The molecule has 1 aliphatic rings. The van der Waals surface area contributed by atoms with E-state index in [0.717, 1.165) is 35.7 Å². The number of aromatic nitrogens is 2. The average molecular weight is 344 g/mol. The van der Waals surface area contributed by atoms with Crippen LogP contribution in [0.5, 0.6) is 0 Å². The predicted molar refractivity (Wildman–Crippen MR) is 98.6 cm³/mol. The molecule has 0 radical (unpaired) electrons. The van der Waals surface area contributed by atoms with E-state index in [1.165, 1.54) is 0 Å². The summed E-state index contributed by atoms with van der Waals surface area (Å²) < 4.78 is 1.83. The van der Waals surface area contributed by atoms with Gasteiger partial charge in [-0.2, -0.15) is 16.9 Å². The molecule has 1 aliphatic heterocycles. The summed E-state index contributed by atoms with van der Waals surface area (Å²) >= 11 is 1.92. The Hall–Kier alpha value is -1.95. The zero-order valence-electron chi connectivity index (χ0n) is 14.2. The number of thioether (sulfide) groups is 1. The highest BCUT2D eigenvalue weighted by molar-refractivity contribution is 7.99. The lowest BCUT2D eigenvalue weighted by molar-refractivity contribution is 0.180. The molecule has 2 aromatic rings. The molecule has 0 bridgehead atoms. The first kappa shape index (κ1) is 16.9. The number of carbonyl (C=O) groups excluding carboxylic acids is 1. The minimum Gasteiger partial charge on any atom is -0.331 e. The van der Waals surface area contributed by atoms with Crippen molar-refractivity contribution in [3.63, 3.8) is 0 Å². The van der Waals surface area contributed by atoms with E-state index in [0.29, 0.717) is 6.04 Å². The molecule has 1 aromatic carbocycles. The monoisotopic (exact) mass is 344 g/mol. The molecule has 2 amide bonds. The number of hydrogen-bond acceptors (Lipinski definition) is 3. The van der Waals surface area contributed by atoms with Gasteiger partial charge in [0.1, 0.15) is 0 Å². The molecule has 2 unspecified atom stereocenters. The van der Waals surface area contributed by atoms with E-state index in [2.05, 4.69) is 23.4 Å². The third kappa shape index (κ3) is 3.93. The molecule has 0 aliphatic carbocycles. The molecule has 1 aromatic heterocycles. The number of benzene rings is 1. The minimum atomic E-state index is -0.0453. The molecule has 0 spiro atoms. The van der Waals surface area contributed by atoms with E-state index in [4.69, 9.17) is 0 Å². The summed E-state index contributed by atoms with van der Waals surface area (Å²) in [6, 6.07) is 10.3. The number of urea groups is 1. The number of nitrogens with zero attached hydrogens (tertiary/aromatic N) is 3. The second-order valence-electron chi connectivity index (χ2n) is 6.16. The van der Waals surface area contributed by atoms with Crippen molar-refractivity contribution in [1.29, 1.82) is 0 Å². The van der Waals surface area contributed by atoms with Crippen LogP contribution in [0.2, 0.25) is 0 Å². The third-order valence-corrected chi connectivity index (χ3v) is 5.42. The van der Waals surface area contributed by atoms with Gasteiger partial charge >= 0.3 is 6.03 Å². The molecule has 3 rings (SSSR count). The van der Waals surface area contributed by atoms with Crippen molar-refractivity contribution in [3.8, 4) is 5.69 Å². The van der Waals surface area contributed by atoms with Crippen LogP contribution in [0.3, 0.4) is 0 Å². The van der Waals surface area contributed by atoms with E-state index in [9.17, 15) is 4.79 Å². The SMILES string of the molecule is CC(NC(=O)N1CCSCCC1C)c1cccc(-n2cccn2)c1.